The Morgan fingerprint density at radius 3 is 2.42 bits per heavy atom. The summed E-state index contributed by atoms with van der Waals surface area (Å²) < 4.78 is 0. The number of rotatable bonds is 7. The van der Waals surface area contributed by atoms with Crippen molar-refractivity contribution in [3.05, 3.63) is 12.2 Å². The van der Waals surface area contributed by atoms with Crippen LogP contribution in [0.15, 0.2) is 12.2 Å². The molecule has 0 bridgehead atoms. The lowest BCUT2D eigenvalue weighted by atomic mass is 10.2. The number of unbranched alkanes of at least 4 members (excludes halogenated alkanes) is 2. The molecule has 0 saturated carbocycles. The zero-order valence-electron chi connectivity index (χ0n) is 7.20. The van der Waals surface area contributed by atoms with E-state index in [4.69, 9.17) is 10.2 Å². The van der Waals surface area contributed by atoms with E-state index in [9.17, 15) is 4.79 Å². The van der Waals surface area contributed by atoms with Crippen LogP contribution in [-0.4, -0.2) is 22.8 Å². The maximum atomic E-state index is 10.1. The maximum Gasteiger partial charge on any atom is 0.303 e. The third-order valence-corrected chi connectivity index (χ3v) is 1.47. The quantitative estimate of drug-likeness (QED) is 0.452. The average Bonchev–Trinajstić information content (AvgIpc) is 2.02. The summed E-state index contributed by atoms with van der Waals surface area (Å²) in [5, 5.41) is 16.7. The molecular weight excluding hydrogens is 156 g/mol. The minimum Gasteiger partial charge on any atom is -0.481 e. The van der Waals surface area contributed by atoms with Gasteiger partial charge in [-0.1, -0.05) is 12.2 Å². The lowest BCUT2D eigenvalue weighted by molar-refractivity contribution is -0.137. The second-order valence-electron chi connectivity index (χ2n) is 2.62. The second-order valence-corrected chi connectivity index (χ2v) is 2.62. The molecule has 0 heterocycles. The first-order valence-corrected chi connectivity index (χ1v) is 4.25. The molecule has 0 rings (SSSR count). The van der Waals surface area contributed by atoms with E-state index in [0.717, 1.165) is 19.3 Å². The average molecular weight is 172 g/mol. The molecule has 0 spiro atoms. The van der Waals surface area contributed by atoms with E-state index in [1.807, 2.05) is 12.2 Å². The fraction of sp³-hybridized carbons (Fsp3) is 0.667. The highest BCUT2D eigenvalue weighted by Gasteiger charge is 1.93. The van der Waals surface area contributed by atoms with Crippen molar-refractivity contribution >= 4 is 5.97 Å². The SMILES string of the molecule is O=C(O)CCCC/C=C\CCO. The summed E-state index contributed by atoms with van der Waals surface area (Å²) in [6.07, 6.45) is 7.41. The molecule has 12 heavy (non-hydrogen) atoms. The maximum absolute atomic E-state index is 10.1. The van der Waals surface area contributed by atoms with E-state index in [-0.39, 0.29) is 13.0 Å². The molecule has 2 N–H and O–H groups in total. The fourth-order valence-corrected chi connectivity index (χ4v) is 0.849. The number of aliphatic hydroxyl groups excluding tert-OH is 1. The molecule has 0 atom stereocenters. The van der Waals surface area contributed by atoms with Crippen LogP contribution in [-0.2, 0) is 4.79 Å². The van der Waals surface area contributed by atoms with Gasteiger partial charge in [0.1, 0.15) is 0 Å². The highest BCUT2D eigenvalue weighted by molar-refractivity contribution is 5.66. The van der Waals surface area contributed by atoms with Crippen LogP contribution in [0.4, 0.5) is 0 Å². The monoisotopic (exact) mass is 172 g/mol. The van der Waals surface area contributed by atoms with Gasteiger partial charge in [0.2, 0.25) is 0 Å². The summed E-state index contributed by atoms with van der Waals surface area (Å²) in [4.78, 5) is 10.1. The van der Waals surface area contributed by atoms with Gasteiger partial charge in [-0.2, -0.15) is 0 Å². The summed E-state index contributed by atoms with van der Waals surface area (Å²) in [5.74, 6) is -0.727. The molecular formula is C9H16O3. The van der Waals surface area contributed by atoms with Crippen LogP contribution < -0.4 is 0 Å². The molecule has 0 saturated heterocycles. The van der Waals surface area contributed by atoms with Crippen molar-refractivity contribution in [2.75, 3.05) is 6.61 Å². The van der Waals surface area contributed by atoms with Gasteiger partial charge in [0.05, 0.1) is 0 Å². The van der Waals surface area contributed by atoms with Gasteiger partial charge in [-0.3, -0.25) is 4.79 Å². The first kappa shape index (κ1) is 11.2. The summed E-state index contributed by atoms with van der Waals surface area (Å²) in [6, 6.07) is 0. The second kappa shape index (κ2) is 8.27. The Labute approximate surface area is 72.7 Å². The predicted octanol–water partition coefficient (Wildman–Crippen LogP) is 1.57. The lowest BCUT2D eigenvalue weighted by Crippen LogP contribution is -1.92. The summed E-state index contributed by atoms with van der Waals surface area (Å²) in [5.41, 5.74) is 0. The third kappa shape index (κ3) is 9.17. The van der Waals surface area contributed by atoms with E-state index >= 15 is 0 Å². The van der Waals surface area contributed by atoms with Gasteiger partial charge in [0.15, 0.2) is 0 Å². The number of aliphatic carboxylic acids is 1. The fourth-order valence-electron chi connectivity index (χ4n) is 0.849. The highest BCUT2D eigenvalue weighted by atomic mass is 16.4. The van der Waals surface area contributed by atoms with Crippen LogP contribution in [0.5, 0.6) is 0 Å². The van der Waals surface area contributed by atoms with Crippen LogP contribution >= 0.6 is 0 Å². The van der Waals surface area contributed by atoms with Crippen LogP contribution in [0.2, 0.25) is 0 Å². The van der Waals surface area contributed by atoms with E-state index in [2.05, 4.69) is 0 Å². The van der Waals surface area contributed by atoms with Crippen molar-refractivity contribution in [3.8, 4) is 0 Å². The van der Waals surface area contributed by atoms with Gasteiger partial charge in [0, 0.05) is 13.0 Å². The van der Waals surface area contributed by atoms with Crippen molar-refractivity contribution in [1.82, 2.24) is 0 Å². The van der Waals surface area contributed by atoms with Crippen LogP contribution in [0, 0.1) is 0 Å². The Morgan fingerprint density at radius 1 is 1.17 bits per heavy atom. The van der Waals surface area contributed by atoms with Crippen LogP contribution in [0.1, 0.15) is 32.1 Å². The molecule has 0 fully saturated rings. The Balaban J connectivity index is 3.05. The Hall–Kier alpha value is -0.830. The Morgan fingerprint density at radius 2 is 1.83 bits per heavy atom. The van der Waals surface area contributed by atoms with Gasteiger partial charge in [-0.05, 0) is 25.7 Å². The van der Waals surface area contributed by atoms with Crippen LogP contribution in [0.25, 0.3) is 0 Å². The minimum absolute atomic E-state index is 0.186. The number of hydrogen-bond donors (Lipinski definition) is 2. The largest absolute Gasteiger partial charge is 0.481 e. The minimum atomic E-state index is -0.727. The molecule has 0 unspecified atom stereocenters. The Bertz CT molecular complexity index is 141. The van der Waals surface area contributed by atoms with Gasteiger partial charge in [0.25, 0.3) is 0 Å². The third-order valence-electron chi connectivity index (χ3n) is 1.47. The molecule has 0 radical (unpaired) electrons. The van der Waals surface area contributed by atoms with Crippen molar-refractivity contribution in [3.63, 3.8) is 0 Å². The van der Waals surface area contributed by atoms with Crippen molar-refractivity contribution in [2.45, 2.75) is 32.1 Å². The predicted molar refractivity (Wildman–Crippen MR) is 46.9 cm³/mol. The van der Waals surface area contributed by atoms with E-state index in [1.54, 1.807) is 0 Å². The molecule has 3 heteroatoms. The van der Waals surface area contributed by atoms with Crippen molar-refractivity contribution in [1.29, 1.82) is 0 Å². The van der Waals surface area contributed by atoms with Gasteiger partial charge in [-0.15, -0.1) is 0 Å². The van der Waals surface area contributed by atoms with E-state index in [0.29, 0.717) is 6.42 Å². The molecule has 70 valence electrons. The highest BCUT2D eigenvalue weighted by Crippen LogP contribution is 2.00. The van der Waals surface area contributed by atoms with Gasteiger partial charge < -0.3 is 10.2 Å². The van der Waals surface area contributed by atoms with Crippen LogP contribution in [0.3, 0.4) is 0 Å². The van der Waals surface area contributed by atoms with Crippen molar-refractivity contribution < 1.29 is 15.0 Å². The molecule has 0 aromatic rings. The molecule has 0 aliphatic heterocycles. The van der Waals surface area contributed by atoms with Gasteiger partial charge in [-0.25, -0.2) is 0 Å². The number of carboxylic acids is 1. The number of aliphatic hydroxyl groups is 1. The number of carboxylic acid groups (broad SMARTS) is 1. The summed E-state index contributed by atoms with van der Waals surface area (Å²) >= 11 is 0. The molecule has 0 amide bonds. The number of carbonyl (C=O) groups is 1. The zero-order chi connectivity index (χ0) is 9.23. The molecule has 0 aliphatic carbocycles. The van der Waals surface area contributed by atoms with Crippen molar-refractivity contribution in [2.24, 2.45) is 0 Å². The smallest absolute Gasteiger partial charge is 0.303 e. The first-order valence-electron chi connectivity index (χ1n) is 4.25. The summed E-state index contributed by atoms with van der Waals surface area (Å²) in [7, 11) is 0. The van der Waals surface area contributed by atoms with Gasteiger partial charge >= 0.3 is 5.97 Å². The van der Waals surface area contributed by atoms with E-state index < -0.39 is 5.97 Å². The zero-order valence-corrected chi connectivity index (χ0v) is 7.20. The number of hydrogen-bond acceptors (Lipinski definition) is 2. The molecule has 0 aromatic heterocycles. The molecule has 0 aromatic carbocycles. The number of allylic oxidation sites excluding steroid dienone is 1. The topological polar surface area (TPSA) is 57.5 Å². The normalized spacial score (nSPS) is 10.8. The first-order chi connectivity index (χ1) is 5.77. The molecule has 3 nitrogen and oxygen atoms in total. The standard InChI is InChI=1S/C9H16O3/c10-8-6-4-2-1-3-5-7-9(11)12/h2,4,10H,1,3,5-8H2,(H,11,12)/b4-2-. The lowest BCUT2D eigenvalue weighted by Gasteiger charge is -1.92. The molecule has 0 aliphatic rings. The van der Waals surface area contributed by atoms with E-state index in [1.165, 1.54) is 0 Å². The Kier molecular flexibility index (Phi) is 7.70. The summed E-state index contributed by atoms with van der Waals surface area (Å²) in [6.45, 7) is 0.186.